The Bertz CT molecular complexity index is 1370. The van der Waals surface area contributed by atoms with Gasteiger partial charge in [-0.25, -0.2) is 0 Å². The van der Waals surface area contributed by atoms with E-state index in [0.717, 1.165) is 52.8 Å². The molecule has 1 amide bonds. The van der Waals surface area contributed by atoms with E-state index in [4.69, 9.17) is 0 Å². The minimum Gasteiger partial charge on any atom is -0.508 e. The zero-order chi connectivity index (χ0) is 22.4. The zero-order valence-electron chi connectivity index (χ0n) is 18.2. The maximum Gasteiger partial charge on any atom is 0.255 e. The van der Waals surface area contributed by atoms with Crippen molar-refractivity contribution in [2.24, 2.45) is 0 Å². The van der Waals surface area contributed by atoms with E-state index in [1.807, 2.05) is 41.3 Å². The average molecular weight is 436 g/mol. The van der Waals surface area contributed by atoms with E-state index < -0.39 is 6.04 Å². The van der Waals surface area contributed by atoms with E-state index in [2.05, 4.69) is 40.6 Å². The molecule has 2 aliphatic heterocycles. The highest BCUT2D eigenvalue weighted by Gasteiger charge is 2.36. The van der Waals surface area contributed by atoms with Crippen molar-refractivity contribution >= 4 is 22.4 Å². The fraction of sp³-hybridized carbons (Fsp3) is 0.179. The summed E-state index contributed by atoms with van der Waals surface area (Å²) in [6.07, 6.45) is 3.17. The van der Waals surface area contributed by atoms with Crippen LogP contribution < -0.4 is 5.32 Å². The van der Waals surface area contributed by atoms with Crippen molar-refractivity contribution in [2.75, 3.05) is 13.1 Å². The molecule has 1 atom stereocenters. The molecule has 5 nitrogen and oxygen atoms in total. The molecule has 164 valence electrons. The van der Waals surface area contributed by atoms with Crippen molar-refractivity contribution in [3.05, 3.63) is 107 Å². The summed E-state index contributed by atoms with van der Waals surface area (Å²) in [4.78, 5) is 19.1. The predicted molar refractivity (Wildman–Crippen MR) is 130 cm³/mol. The van der Waals surface area contributed by atoms with Crippen LogP contribution in [0.2, 0.25) is 0 Å². The van der Waals surface area contributed by atoms with Gasteiger partial charge in [0.15, 0.2) is 0 Å². The third-order valence-electron chi connectivity index (χ3n) is 6.76. The SMILES string of the molecule is O=C1c2cc(C3=CCNCC3)ccc2CN1C(c1cc2ccccc2[nH]1)c1ccccc1O. The van der Waals surface area contributed by atoms with Crippen LogP contribution in [0, 0.1) is 0 Å². The van der Waals surface area contributed by atoms with Gasteiger partial charge in [0.2, 0.25) is 0 Å². The minimum atomic E-state index is -0.417. The number of aromatic hydroxyl groups is 1. The molecule has 2 aliphatic rings. The molecule has 0 fully saturated rings. The van der Waals surface area contributed by atoms with Gasteiger partial charge in [-0.15, -0.1) is 0 Å². The molecule has 0 radical (unpaired) electrons. The molecule has 0 saturated carbocycles. The first-order chi connectivity index (χ1) is 16.2. The summed E-state index contributed by atoms with van der Waals surface area (Å²) in [6.45, 7) is 2.32. The number of carbonyl (C=O) groups is 1. The molecular weight excluding hydrogens is 410 g/mol. The summed E-state index contributed by atoms with van der Waals surface area (Å²) in [5.41, 5.74) is 6.80. The first-order valence-corrected chi connectivity index (χ1v) is 11.4. The third kappa shape index (κ3) is 3.41. The standard InChI is InChI=1S/C28H25N3O2/c32-26-8-4-2-6-22(26)27(25-16-20-5-1-3-7-24(20)30-25)31-17-21-10-9-19(15-23(21)28(31)33)18-11-13-29-14-12-18/h1-11,15-16,27,29-30,32H,12-14,17H2. The molecule has 3 aromatic carbocycles. The van der Waals surface area contributed by atoms with Gasteiger partial charge in [-0.3, -0.25) is 4.79 Å². The minimum absolute atomic E-state index is 0.00621. The number of hydrogen-bond donors (Lipinski definition) is 3. The number of carbonyl (C=O) groups excluding carboxylic acids is 1. The van der Waals surface area contributed by atoms with Crippen LogP contribution in [0.4, 0.5) is 0 Å². The van der Waals surface area contributed by atoms with Crippen LogP contribution in [0.3, 0.4) is 0 Å². The molecule has 33 heavy (non-hydrogen) atoms. The number of amides is 1. The van der Waals surface area contributed by atoms with Crippen LogP contribution in [0.25, 0.3) is 16.5 Å². The number of aromatic nitrogens is 1. The number of benzene rings is 3. The van der Waals surface area contributed by atoms with Crippen LogP contribution in [0.5, 0.6) is 5.75 Å². The molecule has 0 bridgehead atoms. The second kappa shape index (κ2) is 7.94. The fourth-order valence-corrected chi connectivity index (χ4v) is 5.08. The Kier molecular flexibility index (Phi) is 4.77. The quantitative estimate of drug-likeness (QED) is 0.423. The van der Waals surface area contributed by atoms with E-state index >= 15 is 0 Å². The highest BCUT2D eigenvalue weighted by atomic mass is 16.3. The number of phenols is 1. The maximum absolute atomic E-state index is 13.7. The lowest BCUT2D eigenvalue weighted by Gasteiger charge is -2.28. The number of rotatable bonds is 4. The van der Waals surface area contributed by atoms with E-state index in [0.29, 0.717) is 12.1 Å². The predicted octanol–water partition coefficient (Wildman–Crippen LogP) is 5.00. The third-order valence-corrected chi connectivity index (χ3v) is 6.76. The van der Waals surface area contributed by atoms with Crippen LogP contribution in [-0.4, -0.2) is 34.0 Å². The number of para-hydroxylation sites is 2. The van der Waals surface area contributed by atoms with Gasteiger partial charge in [0, 0.05) is 35.4 Å². The highest BCUT2D eigenvalue weighted by Crippen LogP contribution is 2.40. The van der Waals surface area contributed by atoms with Crippen molar-refractivity contribution in [1.82, 2.24) is 15.2 Å². The number of fused-ring (bicyclic) bond motifs is 2. The van der Waals surface area contributed by atoms with Gasteiger partial charge in [-0.2, -0.15) is 0 Å². The number of H-pyrrole nitrogens is 1. The number of phenolic OH excluding ortho intramolecular Hbond substituents is 1. The van der Waals surface area contributed by atoms with Crippen molar-refractivity contribution in [3.63, 3.8) is 0 Å². The number of nitrogens with zero attached hydrogens (tertiary/aromatic N) is 1. The monoisotopic (exact) mass is 435 g/mol. The van der Waals surface area contributed by atoms with Gasteiger partial charge < -0.3 is 20.3 Å². The van der Waals surface area contributed by atoms with Crippen LogP contribution in [-0.2, 0) is 6.54 Å². The molecule has 5 heteroatoms. The summed E-state index contributed by atoms with van der Waals surface area (Å²) in [5, 5.41) is 15.2. The molecule has 4 aromatic rings. The summed E-state index contributed by atoms with van der Waals surface area (Å²) in [5.74, 6) is 0.179. The van der Waals surface area contributed by atoms with Gasteiger partial charge in [0.25, 0.3) is 5.91 Å². The molecular formula is C28H25N3O2. The smallest absolute Gasteiger partial charge is 0.255 e. The van der Waals surface area contributed by atoms with Gasteiger partial charge in [-0.05, 0) is 59.3 Å². The molecule has 3 N–H and O–H groups in total. The van der Waals surface area contributed by atoms with Crippen LogP contribution in [0.15, 0.2) is 78.9 Å². The van der Waals surface area contributed by atoms with E-state index in [9.17, 15) is 9.90 Å². The van der Waals surface area contributed by atoms with Gasteiger partial charge >= 0.3 is 0 Å². The van der Waals surface area contributed by atoms with Gasteiger partial charge in [0.1, 0.15) is 11.8 Å². The molecule has 6 rings (SSSR count). The Morgan fingerprint density at radius 3 is 2.64 bits per heavy atom. The first-order valence-electron chi connectivity index (χ1n) is 11.4. The van der Waals surface area contributed by atoms with Crippen molar-refractivity contribution < 1.29 is 9.90 Å². The topological polar surface area (TPSA) is 68.4 Å². The average Bonchev–Trinajstić information content (AvgIpc) is 3.42. The van der Waals surface area contributed by atoms with Gasteiger partial charge in [-0.1, -0.05) is 54.6 Å². The summed E-state index contributed by atoms with van der Waals surface area (Å²) >= 11 is 0. The summed E-state index contributed by atoms with van der Waals surface area (Å²) in [7, 11) is 0. The second-order valence-electron chi connectivity index (χ2n) is 8.76. The summed E-state index contributed by atoms with van der Waals surface area (Å²) < 4.78 is 0. The van der Waals surface area contributed by atoms with Crippen LogP contribution in [0.1, 0.15) is 45.2 Å². The van der Waals surface area contributed by atoms with E-state index in [-0.39, 0.29) is 11.7 Å². The van der Waals surface area contributed by atoms with Gasteiger partial charge in [0.05, 0.1) is 0 Å². The number of aromatic amines is 1. The Balaban J connectivity index is 1.43. The lowest BCUT2D eigenvalue weighted by Crippen LogP contribution is -2.30. The van der Waals surface area contributed by atoms with Crippen molar-refractivity contribution in [3.8, 4) is 5.75 Å². The second-order valence-corrected chi connectivity index (χ2v) is 8.76. The Morgan fingerprint density at radius 2 is 1.82 bits per heavy atom. The van der Waals surface area contributed by atoms with E-state index in [1.54, 1.807) is 12.1 Å². The molecule has 3 heterocycles. The Labute approximate surface area is 192 Å². The zero-order valence-corrected chi connectivity index (χ0v) is 18.2. The molecule has 1 aromatic heterocycles. The fourth-order valence-electron chi connectivity index (χ4n) is 5.08. The lowest BCUT2D eigenvalue weighted by molar-refractivity contribution is 0.0727. The normalized spacial score (nSPS) is 16.7. The molecule has 0 saturated heterocycles. The molecule has 0 aliphatic carbocycles. The summed E-state index contributed by atoms with van der Waals surface area (Å²) in [6, 6.07) is 23.3. The lowest BCUT2D eigenvalue weighted by atomic mass is 9.97. The Hall–Kier alpha value is -3.83. The first kappa shape index (κ1) is 19.8. The highest BCUT2D eigenvalue weighted by molar-refractivity contribution is 6.00. The largest absolute Gasteiger partial charge is 0.508 e. The molecule has 1 unspecified atom stereocenters. The van der Waals surface area contributed by atoms with E-state index in [1.165, 1.54) is 5.57 Å². The number of nitrogens with one attached hydrogen (secondary N) is 2. The maximum atomic E-state index is 13.7. The van der Waals surface area contributed by atoms with Crippen molar-refractivity contribution in [2.45, 2.75) is 19.0 Å². The van der Waals surface area contributed by atoms with Crippen LogP contribution >= 0.6 is 0 Å². The molecule has 0 spiro atoms. The Morgan fingerprint density at radius 1 is 0.970 bits per heavy atom. The van der Waals surface area contributed by atoms with Crippen molar-refractivity contribution in [1.29, 1.82) is 0 Å². The number of hydrogen-bond acceptors (Lipinski definition) is 3.